The maximum atomic E-state index is 12.7. The van der Waals surface area contributed by atoms with Crippen molar-refractivity contribution in [2.75, 3.05) is 17.8 Å². The highest BCUT2D eigenvalue weighted by Gasteiger charge is 2.30. The predicted octanol–water partition coefficient (Wildman–Crippen LogP) is -1.64. The van der Waals surface area contributed by atoms with Gasteiger partial charge in [-0.05, 0) is 42.5 Å². The number of aliphatic carboxylic acids is 1. The van der Waals surface area contributed by atoms with E-state index in [-0.39, 0.29) is 24.3 Å². The van der Waals surface area contributed by atoms with Crippen LogP contribution in [-0.4, -0.2) is 81.7 Å². The number of hydrogen-bond donors (Lipinski definition) is 8. The summed E-state index contributed by atoms with van der Waals surface area (Å²) in [6, 6.07) is 1.19. The number of aromatic hydroxyl groups is 1. The molecule has 12 nitrogen and oxygen atoms in total. The molecular formula is C21H31N5O7S2. The largest absolute Gasteiger partial charge is 0.508 e. The number of benzene rings is 1. The van der Waals surface area contributed by atoms with Gasteiger partial charge in [-0.3, -0.25) is 19.2 Å². The van der Waals surface area contributed by atoms with Gasteiger partial charge in [0.05, 0.1) is 12.5 Å². The fourth-order valence-electron chi connectivity index (χ4n) is 2.90. The van der Waals surface area contributed by atoms with E-state index in [2.05, 4.69) is 28.6 Å². The van der Waals surface area contributed by atoms with Crippen LogP contribution in [0.15, 0.2) is 24.3 Å². The number of amides is 4. The number of carboxylic acids is 1. The molecule has 1 rings (SSSR count). The van der Waals surface area contributed by atoms with Crippen molar-refractivity contribution in [3.63, 3.8) is 0 Å². The predicted molar refractivity (Wildman–Crippen MR) is 134 cm³/mol. The molecule has 4 amide bonds. The average Bonchev–Trinajstić information content (AvgIpc) is 2.80. The maximum Gasteiger partial charge on any atom is 0.326 e. The van der Waals surface area contributed by atoms with Crippen LogP contribution in [0.5, 0.6) is 5.75 Å². The summed E-state index contributed by atoms with van der Waals surface area (Å²) in [7, 11) is 0. The smallest absolute Gasteiger partial charge is 0.326 e. The third-order valence-electron chi connectivity index (χ3n) is 4.81. The Morgan fingerprint density at radius 2 is 1.51 bits per heavy atom. The van der Waals surface area contributed by atoms with Crippen molar-refractivity contribution in [3.05, 3.63) is 29.8 Å². The summed E-state index contributed by atoms with van der Waals surface area (Å²) in [6.07, 6.45) is 1.46. The molecule has 4 unspecified atom stereocenters. The zero-order chi connectivity index (χ0) is 26.5. The number of rotatable bonds is 15. The SMILES string of the molecule is CSCCC(NC(=O)C(CC(N)=O)NC(=O)C(CS)NC(=O)C(N)Cc1ccc(O)cc1)C(=O)O. The van der Waals surface area contributed by atoms with Gasteiger partial charge in [0.2, 0.25) is 23.6 Å². The van der Waals surface area contributed by atoms with Gasteiger partial charge >= 0.3 is 5.97 Å². The van der Waals surface area contributed by atoms with Crippen molar-refractivity contribution >= 4 is 54.0 Å². The number of nitrogens with one attached hydrogen (secondary N) is 3. The molecule has 1 aromatic carbocycles. The molecule has 9 N–H and O–H groups in total. The van der Waals surface area contributed by atoms with Crippen molar-refractivity contribution < 1.29 is 34.2 Å². The number of phenols is 1. The quantitative estimate of drug-likeness (QED) is 0.122. The molecule has 0 saturated heterocycles. The first-order chi connectivity index (χ1) is 16.5. The van der Waals surface area contributed by atoms with Gasteiger partial charge < -0.3 is 37.6 Å². The number of carbonyl (C=O) groups excluding carboxylic acids is 4. The molecular weight excluding hydrogens is 498 g/mol. The van der Waals surface area contributed by atoms with Crippen molar-refractivity contribution in [2.24, 2.45) is 11.5 Å². The van der Waals surface area contributed by atoms with E-state index in [1.54, 1.807) is 18.4 Å². The summed E-state index contributed by atoms with van der Waals surface area (Å²) in [5.41, 5.74) is 11.8. The zero-order valence-electron chi connectivity index (χ0n) is 19.1. The lowest BCUT2D eigenvalue weighted by atomic mass is 10.1. The molecule has 0 radical (unpaired) electrons. The molecule has 0 aliphatic rings. The Hall–Kier alpha value is -2.97. The van der Waals surface area contributed by atoms with Crippen LogP contribution in [-0.2, 0) is 30.4 Å². The number of thioether (sulfide) groups is 1. The molecule has 35 heavy (non-hydrogen) atoms. The third kappa shape index (κ3) is 10.9. The lowest BCUT2D eigenvalue weighted by Crippen LogP contribution is -2.58. The molecule has 0 aliphatic heterocycles. The second-order valence-electron chi connectivity index (χ2n) is 7.63. The van der Waals surface area contributed by atoms with Gasteiger partial charge in [-0.15, -0.1) is 0 Å². The molecule has 0 aliphatic carbocycles. The van der Waals surface area contributed by atoms with Crippen molar-refractivity contribution in [1.29, 1.82) is 0 Å². The third-order valence-corrected chi connectivity index (χ3v) is 5.82. The molecule has 0 aromatic heterocycles. The highest BCUT2D eigenvalue weighted by atomic mass is 32.2. The Kier molecular flexibility index (Phi) is 13.0. The van der Waals surface area contributed by atoms with Gasteiger partial charge in [0.1, 0.15) is 23.9 Å². The van der Waals surface area contributed by atoms with E-state index >= 15 is 0 Å². The summed E-state index contributed by atoms with van der Waals surface area (Å²) < 4.78 is 0. The number of carboxylic acid groups (broad SMARTS) is 1. The number of carbonyl (C=O) groups is 5. The lowest BCUT2D eigenvalue weighted by Gasteiger charge is -2.24. The lowest BCUT2D eigenvalue weighted by molar-refractivity contribution is -0.142. The van der Waals surface area contributed by atoms with Gasteiger partial charge in [-0.2, -0.15) is 24.4 Å². The monoisotopic (exact) mass is 529 g/mol. The fraction of sp³-hybridized carbons (Fsp3) is 0.476. The van der Waals surface area contributed by atoms with E-state index in [0.29, 0.717) is 11.3 Å². The minimum absolute atomic E-state index is 0.0621. The molecule has 0 saturated carbocycles. The Morgan fingerprint density at radius 1 is 0.971 bits per heavy atom. The van der Waals surface area contributed by atoms with Crippen LogP contribution < -0.4 is 27.4 Å². The highest BCUT2D eigenvalue weighted by molar-refractivity contribution is 7.98. The van der Waals surface area contributed by atoms with Gasteiger partial charge in [0, 0.05) is 5.75 Å². The maximum absolute atomic E-state index is 12.7. The second kappa shape index (κ2) is 15.1. The zero-order valence-corrected chi connectivity index (χ0v) is 20.8. The molecule has 1 aromatic rings. The van der Waals surface area contributed by atoms with Crippen LogP contribution in [0.1, 0.15) is 18.4 Å². The number of nitrogens with two attached hydrogens (primary N) is 2. The Morgan fingerprint density at radius 3 is 2.03 bits per heavy atom. The molecule has 4 atom stereocenters. The molecule has 0 heterocycles. The number of phenolic OH excluding ortho intramolecular Hbond substituents is 1. The molecule has 0 fully saturated rings. The van der Waals surface area contributed by atoms with Crippen LogP contribution in [0.4, 0.5) is 0 Å². The molecule has 194 valence electrons. The Labute approximate surface area is 212 Å². The summed E-state index contributed by atoms with van der Waals surface area (Å²) in [6.45, 7) is 0. The van der Waals surface area contributed by atoms with Crippen LogP contribution in [0.25, 0.3) is 0 Å². The minimum Gasteiger partial charge on any atom is -0.508 e. The first-order valence-electron chi connectivity index (χ1n) is 10.5. The standard InChI is InChI=1S/C21H31N5O7S2/c1-35-7-6-14(21(32)33)24-19(30)15(9-17(23)28)25-20(31)16(10-34)26-18(29)13(22)8-11-2-4-12(27)5-3-11/h2-5,13-16,27,34H,6-10,22H2,1H3,(H2,23,28)(H,24,30)(H,25,31)(H,26,29)(H,32,33). The van der Waals surface area contributed by atoms with E-state index < -0.39 is 60.2 Å². The summed E-state index contributed by atoms with van der Waals surface area (Å²) in [4.78, 5) is 60.7. The van der Waals surface area contributed by atoms with Gasteiger partial charge in [0.25, 0.3) is 0 Å². The minimum atomic E-state index is -1.46. The normalized spacial score (nSPS) is 14.1. The van der Waals surface area contributed by atoms with Crippen LogP contribution in [0, 0.1) is 0 Å². The van der Waals surface area contributed by atoms with E-state index in [1.165, 1.54) is 23.9 Å². The van der Waals surface area contributed by atoms with E-state index in [0.717, 1.165) is 0 Å². The van der Waals surface area contributed by atoms with Crippen molar-refractivity contribution in [2.45, 2.75) is 43.4 Å². The molecule has 0 bridgehead atoms. The van der Waals surface area contributed by atoms with Crippen LogP contribution >= 0.6 is 24.4 Å². The van der Waals surface area contributed by atoms with Crippen LogP contribution in [0.2, 0.25) is 0 Å². The first kappa shape index (κ1) is 30.1. The van der Waals surface area contributed by atoms with Crippen molar-refractivity contribution in [1.82, 2.24) is 16.0 Å². The summed E-state index contributed by atoms with van der Waals surface area (Å²) >= 11 is 5.45. The Balaban J connectivity index is 2.82. The second-order valence-corrected chi connectivity index (χ2v) is 8.98. The van der Waals surface area contributed by atoms with Gasteiger partial charge in [-0.25, -0.2) is 4.79 Å². The fourth-order valence-corrected chi connectivity index (χ4v) is 3.63. The number of primary amides is 1. The highest BCUT2D eigenvalue weighted by Crippen LogP contribution is 2.11. The first-order valence-corrected chi connectivity index (χ1v) is 12.6. The van der Waals surface area contributed by atoms with Gasteiger partial charge in [-0.1, -0.05) is 12.1 Å². The van der Waals surface area contributed by atoms with E-state index in [9.17, 15) is 34.2 Å². The molecule has 14 heteroatoms. The Bertz CT molecular complexity index is 901. The molecule has 0 spiro atoms. The summed E-state index contributed by atoms with van der Waals surface area (Å²) in [5, 5.41) is 25.7. The number of hydrogen-bond acceptors (Lipinski definition) is 9. The topological polar surface area (TPSA) is 214 Å². The average molecular weight is 530 g/mol. The number of thiol groups is 1. The summed E-state index contributed by atoms with van der Waals surface area (Å²) in [5.74, 6) is -4.19. The van der Waals surface area contributed by atoms with Crippen molar-refractivity contribution in [3.8, 4) is 5.75 Å². The van der Waals surface area contributed by atoms with Gasteiger partial charge in [0.15, 0.2) is 0 Å². The van der Waals surface area contributed by atoms with E-state index in [1.807, 2.05) is 0 Å². The van der Waals surface area contributed by atoms with E-state index in [4.69, 9.17) is 11.5 Å². The van der Waals surface area contributed by atoms with Crippen LogP contribution in [0.3, 0.4) is 0 Å².